The van der Waals surface area contributed by atoms with E-state index in [9.17, 15) is 4.79 Å². The summed E-state index contributed by atoms with van der Waals surface area (Å²) in [5.74, 6) is 0.0187. The van der Waals surface area contributed by atoms with Crippen LogP contribution in [0.5, 0.6) is 0 Å². The van der Waals surface area contributed by atoms with Crippen molar-refractivity contribution in [2.75, 3.05) is 25.6 Å². The fourth-order valence-electron chi connectivity index (χ4n) is 1.61. The fraction of sp³-hybridized carbons (Fsp3) is 0.538. The predicted octanol–water partition coefficient (Wildman–Crippen LogP) is 2.04. The fourth-order valence-corrected chi connectivity index (χ4v) is 1.61. The molecule has 100 valence electrons. The van der Waals surface area contributed by atoms with E-state index in [1.165, 1.54) is 0 Å². The van der Waals surface area contributed by atoms with Crippen LogP contribution in [0.25, 0.3) is 0 Å². The number of aryl methyl sites for hydroxylation is 1. The predicted molar refractivity (Wildman–Crippen MR) is 70.1 cm³/mol. The molecule has 0 aliphatic rings. The molecule has 5 heteroatoms. The molecule has 0 fully saturated rings. The Kier molecular flexibility index (Phi) is 5.58. The van der Waals surface area contributed by atoms with Crippen LogP contribution in [0.3, 0.4) is 0 Å². The maximum atomic E-state index is 11.0. The van der Waals surface area contributed by atoms with Gasteiger partial charge >= 0.3 is 5.97 Å². The number of carboxylic acids is 1. The third-order valence-electron chi connectivity index (χ3n) is 2.57. The van der Waals surface area contributed by atoms with Crippen LogP contribution in [0, 0.1) is 5.92 Å². The maximum absolute atomic E-state index is 11.0. The number of aromatic nitrogens is 1. The number of hydrogen-bond acceptors (Lipinski definition) is 4. The van der Waals surface area contributed by atoms with Crippen LogP contribution in [0.2, 0.25) is 0 Å². The van der Waals surface area contributed by atoms with Crippen LogP contribution in [0.4, 0.5) is 5.82 Å². The number of nitrogens with zero attached hydrogens (tertiary/aromatic N) is 1. The SMILES string of the molecule is CCc1cc(C(=O)O)cc(NCC(C)COC)n1. The second-order valence-corrected chi connectivity index (χ2v) is 4.33. The molecule has 0 aliphatic carbocycles. The quantitative estimate of drug-likeness (QED) is 0.777. The van der Waals surface area contributed by atoms with E-state index >= 15 is 0 Å². The van der Waals surface area contributed by atoms with Crippen molar-refractivity contribution in [3.63, 3.8) is 0 Å². The second kappa shape index (κ2) is 6.96. The summed E-state index contributed by atoms with van der Waals surface area (Å²) in [4.78, 5) is 15.3. The Hall–Kier alpha value is -1.62. The van der Waals surface area contributed by atoms with Gasteiger partial charge in [0.25, 0.3) is 0 Å². The molecular weight excluding hydrogens is 232 g/mol. The molecule has 2 N–H and O–H groups in total. The lowest BCUT2D eigenvalue weighted by atomic mass is 10.2. The first-order chi connectivity index (χ1) is 8.56. The summed E-state index contributed by atoms with van der Waals surface area (Å²) < 4.78 is 5.04. The molecule has 0 radical (unpaired) electrons. The molecule has 0 bridgehead atoms. The van der Waals surface area contributed by atoms with Gasteiger partial charge in [0.1, 0.15) is 5.82 Å². The number of pyridine rings is 1. The smallest absolute Gasteiger partial charge is 0.335 e. The molecule has 1 unspecified atom stereocenters. The van der Waals surface area contributed by atoms with Crippen molar-refractivity contribution in [1.29, 1.82) is 0 Å². The van der Waals surface area contributed by atoms with E-state index in [0.29, 0.717) is 31.3 Å². The molecule has 1 heterocycles. The van der Waals surface area contributed by atoms with Crippen LogP contribution in [-0.2, 0) is 11.2 Å². The average Bonchev–Trinajstić information content (AvgIpc) is 2.36. The second-order valence-electron chi connectivity index (χ2n) is 4.33. The highest BCUT2D eigenvalue weighted by Crippen LogP contribution is 2.12. The molecule has 0 aromatic carbocycles. The highest BCUT2D eigenvalue weighted by atomic mass is 16.5. The summed E-state index contributed by atoms with van der Waals surface area (Å²) >= 11 is 0. The van der Waals surface area contributed by atoms with Gasteiger partial charge in [-0.05, 0) is 24.5 Å². The Balaban J connectivity index is 2.75. The highest BCUT2D eigenvalue weighted by molar-refractivity contribution is 5.88. The van der Waals surface area contributed by atoms with Crippen LogP contribution in [0.1, 0.15) is 29.9 Å². The Labute approximate surface area is 107 Å². The summed E-state index contributed by atoms with van der Waals surface area (Å²) in [6.45, 7) is 5.36. The van der Waals surface area contributed by atoms with Gasteiger partial charge in [-0.25, -0.2) is 9.78 Å². The third-order valence-corrected chi connectivity index (χ3v) is 2.57. The average molecular weight is 252 g/mol. The third kappa shape index (κ3) is 4.33. The molecule has 1 aromatic heterocycles. The maximum Gasteiger partial charge on any atom is 0.335 e. The summed E-state index contributed by atoms with van der Waals surface area (Å²) in [5.41, 5.74) is 1.04. The molecule has 0 saturated carbocycles. The summed E-state index contributed by atoms with van der Waals surface area (Å²) in [7, 11) is 1.66. The Bertz CT molecular complexity index is 407. The standard InChI is InChI=1S/C13H20N2O3/c1-4-11-5-10(13(16)17)6-12(15-11)14-7-9(2)8-18-3/h5-6,9H,4,7-8H2,1-3H3,(H,14,15)(H,16,17). The molecular formula is C13H20N2O3. The topological polar surface area (TPSA) is 71.5 Å². The van der Waals surface area contributed by atoms with Gasteiger partial charge < -0.3 is 15.2 Å². The van der Waals surface area contributed by atoms with E-state index in [-0.39, 0.29) is 5.56 Å². The molecule has 0 saturated heterocycles. The van der Waals surface area contributed by atoms with E-state index in [4.69, 9.17) is 9.84 Å². The summed E-state index contributed by atoms with van der Waals surface area (Å²) in [5, 5.41) is 12.2. The number of anilines is 1. The van der Waals surface area contributed by atoms with Crippen molar-refractivity contribution in [3.05, 3.63) is 23.4 Å². The Morgan fingerprint density at radius 2 is 2.28 bits per heavy atom. The zero-order valence-electron chi connectivity index (χ0n) is 11.1. The van der Waals surface area contributed by atoms with Crippen molar-refractivity contribution in [3.8, 4) is 0 Å². The van der Waals surface area contributed by atoms with Crippen molar-refractivity contribution < 1.29 is 14.6 Å². The largest absolute Gasteiger partial charge is 0.478 e. The van der Waals surface area contributed by atoms with Crippen molar-refractivity contribution in [2.24, 2.45) is 5.92 Å². The molecule has 1 aromatic rings. The van der Waals surface area contributed by atoms with E-state index in [1.54, 1.807) is 19.2 Å². The molecule has 0 amide bonds. The highest BCUT2D eigenvalue weighted by Gasteiger charge is 2.08. The number of nitrogens with one attached hydrogen (secondary N) is 1. The van der Waals surface area contributed by atoms with Crippen molar-refractivity contribution in [1.82, 2.24) is 4.98 Å². The summed E-state index contributed by atoms with van der Waals surface area (Å²) in [6, 6.07) is 3.16. The first kappa shape index (κ1) is 14.4. The molecule has 5 nitrogen and oxygen atoms in total. The molecule has 0 aliphatic heterocycles. The lowest BCUT2D eigenvalue weighted by Gasteiger charge is -2.13. The van der Waals surface area contributed by atoms with E-state index in [1.807, 2.05) is 6.92 Å². The first-order valence-corrected chi connectivity index (χ1v) is 6.03. The number of aromatic carboxylic acids is 1. The normalized spacial score (nSPS) is 12.2. The molecule has 0 spiro atoms. The van der Waals surface area contributed by atoms with Crippen LogP contribution < -0.4 is 5.32 Å². The minimum Gasteiger partial charge on any atom is -0.478 e. The van der Waals surface area contributed by atoms with Gasteiger partial charge in [0.2, 0.25) is 0 Å². The zero-order chi connectivity index (χ0) is 13.5. The van der Waals surface area contributed by atoms with Gasteiger partial charge in [-0.15, -0.1) is 0 Å². The number of carbonyl (C=O) groups is 1. The minimum atomic E-state index is -0.930. The van der Waals surface area contributed by atoms with E-state index < -0.39 is 5.97 Å². The van der Waals surface area contributed by atoms with Crippen LogP contribution in [0.15, 0.2) is 12.1 Å². The molecule has 18 heavy (non-hydrogen) atoms. The number of methoxy groups -OCH3 is 1. The molecule has 1 atom stereocenters. The number of ether oxygens (including phenoxy) is 1. The lowest BCUT2D eigenvalue weighted by molar-refractivity contribution is 0.0696. The van der Waals surface area contributed by atoms with Gasteiger partial charge in [-0.2, -0.15) is 0 Å². The number of rotatable bonds is 7. The van der Waals surface area contributed by atoms with Gasteiger partial charge in [-0.3, -0.25) is 0 Å². The Morgan fingerprint density at radius 3 is 2.83 bits per heavy atom. The number of hydrogen-bond donors (Lipinski definition) is 2. The minimum absolute atomic E-state index is 0.267. The van der Waals surface area contributed by atoms with Crippen LogP contribution in [-0.4, -0.2) is 36.3 Å². The molecule has 1 rings (SSSR count). The summed E-state index contributed by atoms with van der Waals surface area (Å²) in [6.07, 6.45) is 0.712. The van der Waals surface area contributed by atoms with Crippen molar-refractivity contribution in [2.45, 2.75) is 20.3 Å². The zero-order valence-corrected chi connectivity index (χ0v) is 11.1. The van der Waals surface area contributed by atoms with Gasteiger partial charge in [-0.1, -0.05) is 13.8 Å². The van der Waals surface area contributed by atoms with Gasteiger partial charge in [0.05, 0.1) is 12.2 Å². The number of carboxylic acid groups (broad SMARTS) is 1. The van der Waals surface area contributed by atoms with Gasteiger partial charge in [0.15, 0.2) is 0 Å². The van der Waals surface area contributed by atoms with E-state index in [2.05, 4.69) is 17.2 Å². The first-order valence-electron chi connectivity index (χ1n) is 6.03. The monoisotopic (exact) mass is 252 g/mol. The Morgan fingerprint density at radius 1 is 1.56 bits per heavy atom. The van der Waals surface area contributed by atoms with Crippen molar-refractivity contribution >= 4 is 11.8 Å². The lowest BCUT2D eigenvalue weighted by Crippen LogP contribution is -2.17. The van der Waals surface area contributed by atoms with E-state index in [0.717, 1.165) is 5.69 Å². The van der Waals surface area contributed by atoms with Crippen LogP contribution >= 0.6 is 0 Å². The van der Waals surface area contributed by atoms with Gasteiger partial charge in [0, 0.05) is 19.3 Å².